The minimum atomic E-state index is 0. The van der Waals surface area contributed by atoms with Crippen LogP contribution in [0.5, 0.6) is 0 Å². The van der Waals surface area contributed by atoms with Crippen molar-refractivity contribution in [2.24, 2.45) is 0 Å². The Bertz CT molecular complexity index is 1120. The Hall–Kier alpha value is -0.0769. The maximum Gasteiger partial charge on any atom is 4.00 e. The van der Waals surface area contributed by atoms with E-state index in [0.29, 0.717) is 0 Å². The molecule has 0 aliphatic heterocycles. The van der Waals surface area contributed by atoms with Crippen molar-refractivity contribution in [2.45, 2.75) is 104 Å². The Kier molecular flexibility index (Phi) is 22.0. The van der Waals surface area contributed by atoms with Crippen LogP contribution in [0.25, 0.3) is 0 Å². The van der Waals surface area contributed by atoms with Crippen molar-refractivity contribution in [1.82, 2.24) is 0 Å². The van der Waals surface area contributed by atoms with E-state index >= 15 is 0 Å². The number of rotatable bonds is 12. The van der Waals surface area contributed by atoms with Crippen molar-refractivity contribution < 1.29 is 26.2 Å². The summed E-state index contributed by atoms with van der Waals surface area (Å²) in [6.45, 7) is 4.57. The molecule has 0 aromatic carbocycles. The molecule has 0 atom stereocenters. The van der Waals surface area contributed by atoms with E-state index in [1.807, 2.05) is 71.3 Å². The summed E-state index contributed by atoms with van der Waals surface area (Å²) >= 11 is 8.89. The molecule has 43 heavy (non-hydrogen) atoms. The van der Waals surface area contributed by atoms with Crippen LogP contribution in [0.1, 0.15) is 112 Å². The van der Waals surface area contributed by atoms with Gasteiger partial charge in [0.15, 0.2) is 0 Å². The molecule has 5 heteroatoms. The zero-order valence-corrected chi connectivity index (χ0v) is 34.2. The molecule has 0 saturated heterocycles. The van der Waals surface area contributed by atoms with Gasteiger partial charge in [-0.2, -0.15) is 59.8 Å². The molecule has 2 aromatic heterocycles. The van der Waals surface area contributed by atoms with Gasteiger partial charge in [0.05, 0.1) is 5.77 Å². The fourth-order valence-electron chi connectivity index (χ4n) is 4.80. The SMILES string of the molecule is CCCCCCc1cc([C-]=C2CCCCC2=[C-]c2cc(CCCCCC)c(I)s2)sc1I.[C-]1C=CC=C1.[C-]1C=CC=C1.[Zr+4]. The quantitative estimate of drug-likeness (QED) is 0.113. The Balaban J connectivity index is 0.000000492. The summed E-state index contributed by atoms with van der Waals surface area (Å²) in [6, 6.07) is 4.81. The van der Waals surface area contributed by atoms with E-state index in [-0.39, 0.29) is 26.2 Å². The van der Waals surface area contributed by atoms with E-state index in [2.05, 4.69) is 96.2 Å². The largest absolute Gasteiger partial charge is 4.00 e. The molecule has 0 bridgehead atoms. The second kappa shape index (κ2) is 24.1. The van der Waals surface area contributed by atoms with Crippen molar-refractivity contribution in [2.75, 3.05) is 0 Å². The number of thiophene rings is 2. The monoisotopic (exact) mass is 908 g/mol. The smallest absolute Gasteiger partial charge is 0.255 e. The van der Waals surface area contributed by atoms with E-state index in [1.54, 1.807) is 0 Å². The van der Waals surface area contributed by atoms with Crippen molar-refractivity contribution in [3.05, 3.63) is 124 Å². The molecule has 2 heterocycles. The second-order valence-corrected chi connectivity index (χ2v) is 16.4. The van der Waals surface area contributed by atoms with Crippen LogP contribution in [0, 0.1) is 30.8 Å². The molecule has 226 valence electrons. The van der Waals surface area contributed by atoms with Crippen LogP contribution in [0.3, 0.4) is 0 Å². The van der Waals surface area contributed by atoms with Gasteiger partial charge in [0.25, 0.3) is 0 Å². The minimum Gasteiger partial charge on any atom is -0.255 e. The molecule has 0 unspecified atom stereocenters. The van der Waals surface area contributed by atoms with Crippen molar-refractivity contribution in [1.29, 1.82) is 0 Å². The first-order chi connectivity index (χ1) is 20.6. The van der Waals surface area contributed by atoms with E-state index < -0.39 is 0 Å². The molecule has 2 aromatic rings. The summed E-state index contributed by atoms with van der Waals surface area (Å²) in [5.74, 6) is 0. The molecule has 3 aliphatic rings. The average molecular weight is 910 g/mol. The van der Waals surface area contributed by atoms with Gasteiger partial charge in [-0.15, -0.1) is 12.1 Å². The summed E-state index contributed by atoms with van der Waals surface area (Å²) in [6.07, 6.45) is 46.6. The van der Waals surface area contributed by atoms with Gasteiger partial charge in [-0.3, -0.25) is 11.1 Å². The summed E-state index contributed by atoms with van der Waals surface area (Å²) in [7, 11) is 0. The Labute approximate surface area is 317 Å². The van der Waals surface area contributed by atoms with Crippen LogP contribution >= 0.6 is 67.9 Å². The van der Waals surface area contributed by atoms with E-state index in [1.165, 1.54) is 115 Å². The summed E-state index contributed by atoms with van der Waals surface area (Å²) in [5, 5.41) is 0. The van der Waals surface area contributed by atoms with Crippen LogP contribution in [-0.4, -0.2) is 0 Å². The Morgan fingerprint density at radius 2 is 1.02 bits per heavy atom. The van der Waals surface area contributed by atoms with Gasteiger partial charge in [-0.25, -0.2) is 36.5 Å². The van der Waals surface area contributed by atoms with Gasteiger partial charge in [0, 0.05) is 0 Å². The molecule has 1 fully saturated rings. The number of hydrogen-bond donors (Lipinski definition) is 0. The molecular weight excluding hydrogens is 866 g/mol. The van der Waals surface area contributed by atoms with Crippen LogP contribution in [-0.2, 0) is 39.0 Å². The van der Waals surface area contributed by atoms with Gasteiger partial charge in [0.2, 0.25) is 0 Å². The Morgan fingerprint density at radius 1 is 0.628 bits per heavy atom. The van der Waals surface area contributed by atoms with Gasteiger partial charge >= 0.3 is 26.2 Å². The standard InChI is InChI=1S/C28H36I2S2.2C5H4.Zr/c1-3-5-7-9-15-23-19-25(31-27(23)29)17-21-13-11-12-14-22(21)18-26-20-24(28(30)32-26)16-10-8-6-4-2;2*1-2-4-5-3-1;/h19-20H,3-16H2,1-2H3;2*1-4H;/q-2;2*-1;+4. The first-order valence-corrected chi connectivity index (χ1v) is 19.4. The van der Waals surface area contributed by atoms with Gasteiger partial charge in [-0.05, 0) is 58.0 Å². The molecule has 0 spiro atoms. The summed E-state index contributed by atoms with van der Waals surface area (Å²) in [4.78, 5) is 2.63. The zero-order valence-electron chi connectivity index (χ0n) is 25.7. The third kappa shape index (κ3) is 15.9. The maximum atomic E-state index is 3.82. The molecule has 1 saturated carbocycles. The van der Waals surface area contributed by atoms with Crippen molar-refractivity contribution >= 4 is 67.9 Å². The van der Waals surface area contributed by atoms with Crippen LogP contribution < -0.4 is 0 Å². The van der Waals surface area contributed by atoms with Crippen LogP contribution in [0.2, 0.25) is 0 Å². The predicted molar refractivity (Wildman–Crippen MR) is 203 cm³/mol. The summed E-state index contributed by atoms with van der Waals surface area (Å²) < 4.78 is 2.90. The summed E-state index contributed by atoms with van der Waals surface area (Å²) in [5.41, 5.74) is 5.86. The molecule has 2 radical (unpaired) electrons. The molecule has 0 nitrogen and oxygen atoms in total. The first kappa shape index (κ1) is 39.1. The van der Waals surface area contributed by atoms with E-state index in [9.17, 15) is 0 Å². The third-order valence-corrected chi connectivity index (χ3v) is 11.6. The predicted octanol–water partition coefficient (Wildman–Crippen LogP) is 13.1. The van der Waals surface area contributed by atoms with Gasteiger partial charge in [-0.1, -0.05) is 112 Å². The fourth-order valence-corrected chi connectivity index (χ4v) is 8.79. The molecular formula is C38H44I2S2Zr. The fraction of sp³-hybridized carbons (Fsp3) is 0.421. The zero-order chi connectivity index (χ0) is 29.8. The average Bonchev–Trinajstić information content (AvgIpc) is 3.82. The maximum absolute atomic E-state index is 3.82. The number of unbranched alkanes of at least 4 members (excludes halogenated alkanes) is 6. The first-order valence-electron chi connectivity index (χ1n) is 15.6. The second-order valence-electron chi connectivity index (χ2n) is 10.6. The van der Waals surface area contributed by atoms with Gasteiger partial charge < -0.3 is 0 Å². The minimum absolute atomic E-state index is 0. The molecule has 5 rings (SSSR count). The number of hydrogen-bond acceptors (Lipinski definition) is 2. The number of allylic oxidation sites excluding steroid dienone is 10. The van der Waals surface area contributed by atoms with Gasteiger partial charge in [0.1, 0.15) is 0 Å². The molecule has 0 amide bonds. The third-order valence-electron chi connectivity index (χ3n) is 7.12. The van der Waals surface area contributed by atoms with Crippen molar-refractivity contribution in [3.63, 3.8) is 0 Å². The van der Waals surface area contributed by atoms with Crippen molar-refractivity contribution in [3.8, 4) is 0 Å². The Morgan fingerprint density at radius 3 is 1.35 bits per heavy atom. The topological polar surface area (TPSA) is 0 Å². The van der Waals surface area contributed by atoms with Crippen LogP contribution in [0.4, 0.5) is 0 Å². The number of aryl methyl sites for hydroxylation is 2. The van der Waals surface area contributed by atoms with Crippen LogP contribution in [0.15, 0.2) is 71.9 Å². The normalized spacial score (nSPS) is 16.4. The molecule has 3 aliphatic carbocycles. The number of halogens is 2. The van der Waals surface area contributed by atoms with E-state index in [4.69, 9.17) is 0 Å². The molecule has 0 N–H and O–H groups in total. The van der Waals surface area contributed by atoms with E-state index in [0.717, 1.165) is 12.8 Å².